The van der Waals surface area contributed by atoms with Crippen molar-refractivity contribution < 1.29 is 35.8 Å². The molecule has 2 N–H and O–H groups in total. The molecule has 1 fully saturated rings. The van der Waals surface area contributed by atoms with Crippen molar-refractivity contribution in [1.29, 1.82) is 5.41 Å². The lowest BCUT2D eigenvalue weighted by atomic mass is 9.77. The molecule has 2 unspecified atom stereocenters. The van der Waals surface area contributed by atoms with Crippen LogP contribution in [-0.4, -0.2) is 35.1 Å². The number of nitrogens with zero attached hydrogens (tertiary/aromatic N) is 1. The molecule has 2 aromatic carbocycles. The Hall–Kier alpha value is -3.08. The Kier molecular flexibility index (Phi) is 5.43. The predicted molar refractivity (Wildman–Crippen MR) is 107 cm³/mol. The number of benzene rings is 2. The number of rotatable bonds is 4. The summed E-state index contributed by atoms with van der Waals surface area (Å²) in [7, 11) is 1.08. The molecule has 0 aliphatic carbocycles. The summed E-state index contributed by atoms with van der Waals surface area (Å²) in [4.78, 5) is 7.06. The van der Waals surface area contributed by atoms with Gasteiger partial charge in [0, 0.05) is 23.6 Å². The summed E-state index contributed by atoms with van der Waals surface area (Å²) in [5.74, 6) is -6.31. The number of imidazole rings is 1. The molecule has 0 amide bonds. The maximum atomic E-state index is 14.5. The van der Waals surface area contributed by atoms with Crippen molar-refractivity contribution in [2.24, 2.45) is 5.92 Å². The minimum atomic E-state index is -4.80. The molecular weight excluding hydrogens is 452 g/mol. The van der Waals surface area contributed by atoms with Crippen LogP contribution in [0.5, 0.6) is 5.75 Å². The van der Waals surface area contributed by atoms with Crippen LogP contribution < -0.4 is 4.74 Å². The lowest BCUT2D eigenvalue weighted by Crippen LogP contribution is -2.46. The molecule has 4 atom stereocenters. The molecule has 1 aromatic heterocycles. The van der Waals surface area contributed by atoms with Crippen LogP contribution in [0.2, 0.25) is 0 Å². The van der Waals surface area contributed by atoms with Gasteiger partial charge in [0.05, 0.1) is 18.2 Å². The van der Waals surface area contributed by atoms with Gasteiger partial charge in [-0.05, 0) is 25.1 Å². The maximum absolute atomic E-state index is 14.5. The second-order valence-electron chi connectivity index (χ2n) is 8.07. The average Bonchev–Trinajstić information content (AvgIpc) is 3.29. The summed E-state index contributed by atoms with van der Waals surface area (Å²) in [6.45, 7) is 2.17. The maximum Gasteiger partial charge on any atom is 0.417 e. The SMILES string of the molecule is COc1c(C2C(C)[C@](C)(C(F)(F)F)O[C@H]2c2nc3c(C=N)c(F)ccc3[nH]2)ccc(F)c1F. The fourth-order valence-corrected chi connectivity index (χ4v) is 4.41. The van der Waals surface area contributed by atoms with E-state index in [0.29, 0.717) is 0 Å². The first-order valence-electron chi connectivity index (χ1n) is 9.89. The van der Waals surface area contributed by atoms with Crippen LogP contribution in [0.3, 0.4) is 0 Å². The third kappa shape index (κ3) is 3.36. The van der Waals surface area contributed by atoms with Crippen molar-refractivity contribution in [2.45, 2.75) is 37.6 Å². The van der Waals surface area contributed by atoms with E-state index in [4.69, 9.17) is 14.9 Å². The number of aromatic nitrogens is 2. The summed E-state index contributed by atoms with van der Waals surface area (Å²) in [6.07, 6.45) is -5.45. The second-order valence-corrected chi connectivity index (χ2v) is 8.07. The highest BCUT2D eigenvalue weighted by molar-refractivity contribution is 5.95. The zero-order valence-electron chi connectivity index (χ0n) is 17.7. The Bertz CT molecular complexity index is 1240. The zero-order valence-corrected chi connectivity index (χ0v) is 17.7. The molecule has 5 nitrogen and oxygen atoms in total. The van der Waals surface area contributed by atoms with E-state index in [1.54, 1.807) is 0 Å². The molecule has 4 rings (SSSR count). The Labute approximate surface area is 184 Å². The highest BCUT2D eigenvalue weighted by atomic mass is 19.4. The number of H-pyrrole nitrogens is 1. The minimum Gasteiger partial charge on any atom is -0.493 e. The van der Waals surface area contributed by atoms with Gasteiger partial charge in [-0.15, -0.1) is 0 Å². The number of nitrogens with one attached hydrogen (secondary N) is 2. The average molecular weight is 471 g/mol. The largest absolute Gasteiger partial charge is 0.493 e. The number of halogens is 6. The van der Waals surface area contributed by atoms with Crippen LogP contribution in [0.4, 0.5) is 26.3 Å². The van der Waals surface area contributed by atoms with Crippen molar-refractivity contribution in [2.75, 3.05) is 7.11 Å². The van der Waals surface area contributed by atoms with E-state index >= 15 is 0 Å². The first kappa shape index (κ1) is 23.1. The van der Waals surface area contributed by atoms with E-state index < -0.39 is 52.9 Å². The van der Waals surface area contributed by atoms with E-state index in [9.17, 15) is 26.3 Å². The number of methoxy groups -OCH3 is 1. The quantitative estimate of drug-likeness (QED) is 0.373. The monoisotopic (exact) mass is 471 g/mol. The predicted octanol–water partition coefficient (Wildman–Crippen LogP) is 5.80. The van der Waals surface area contributed by atoms with Crippen LogP contribution in [0.15, 0.2) is 24.3 Å². The highest BCUT2D eigenvalue weighted by Crippen LogP contribution is 2.59. The number of fused-ring (bicyclic) bond motifs is 1. The standard InChI is InChI=1S/C22H19F6N3O2/c1-9-15(10-4-5-13(24)16(25)18(10)32-3)19(33-21(9,2)22(26,27)28)20-30-14-7-6-12(23)11(8-29)17(14)31-20/h4-9,15,19,29H,1-3H3,(H,30,31)/t9?,15?,19-,21-/m1/s1. The van der Waals surface area contributed by atoms with Gasteiger partial charge >= 0.3 is 6.18 Å². The third-order valence-corrected chi connectivity index (χ3v) is 6.38. The van der Waals surface area contributed by atoms with Gasteiger partial charge in [-0.1, -0.05) is 13.0 Å². The highest BCUT2D eigenvalue weighted by Gasteiger charge is 2.65. The molecule has 0 saturated carbocycles. The fourth-order valence-electron chi connectivity index (χ4n) is 4.41. The lowest BCUT2D eigenvalue weighted by molar-refractivity contribution is -0.275. The van der Waals surface area contributed by atoms with Crippen LogP contribution >= 0.6 is 0 Å². The van der Waals surface area contributed by atoms with Gasteiger partial charge in [-0.25, -0.2) is 13.8 Å². The van der Waals surface area contributed by atoms with Crippen LogP contribution in [-0.2, 0) is 4.74 Å². The van der Waals surface area contributed by atoms with Crippen molar-refractivity contribution in [3.63, 3.8) is 0 Å². The number of hydrogen-bond acceptors (Lipinski definition) is 4. The van der Waals surface area contributed by atoms with Crippen molar-refractivity contribution in [3.05, 3.63) is 58.7 Å². The molecule has 1 aliphatic rings. The Morgan fingerprint density at radius 2 is 1.82 bits per heavy atom. The molecule has 0 radical (unpaired) electrons. The molecular formula is C22H19F6N3O2. The van der Waals surface area contributed by atoms with Crippen molar-refractivity contribution in [3.8, 4) is 5.75 Å². The first-order valence-corrected chi connectivity index (χ1v) is 9.89. The van der Waals surface area contributed by atoms with Crippen LogP contribution in [0.1, 0.15) is 42.8 Å². The van der Waals surface area contributed by atoms with Gasteiger partial charge in [0.2, 0.25) is 5.82 Å². The van der Waals surface area contributed by atoms with E-state index in [1.807, 2.05) is 0 Å². The van der Waals surface area contributed by atoms with E-state index in [0.717, 1.165) is 38.4 Å². The molecule has 11 heteroatoms. The second kappa shape index (κ2) is 7.75. The lowest BCUT2D eigenvalue weighted by Gasteiger charge is -2.32. The van der Waals surface area contributed by atoms with Gasteiger partial charge in [-0.3, -0.25) is 0 Å². The molecule has 0 spiro atoms. The number of aromatic amines is 1. The summed E-state index contributed by atoms with van der Waals surface area (Å²) in [6, 6.07) is 4.39. The Balaban J connectivity index is 1.95. The summed E-state index contributed by atoms with van der Waals surface area (Å²) in [5.41, 5.74) is -2.53. The molecule has 2 heterocycles. The molecule has 176 valence electrons. The molecule has 1 saturated heterocycles. The molecule has 1 aliphatic heterocycles. The Morgan fingerprint density at radius 1 is 1.15 bits per heavy atom. The summed E-state index contributed by atoms with van der Waals surface area (Å²) < 4.78 is 95.1. The van der Waals surface area contributed by atoms with Crippen molar-refractivity contribution >= 4 is 17.2 Å². The van der Waals surface area contributed by atoms with E-state index in [-0.39, 0.29) is 28.0 Å². The fraction of sp³-hybridized carbons (Fsp3) is 0.364. The van der Waals surface area contributed by atoms with Gasteiger partial charge in [0.25, 0.3) is 0 Å². The molecule has 0 bridgehead atoms. The van der Waals surface area contributed by atoms with E-state index in [1.165, 1.54) is 13.0 Å². The van der Waals surface area contributed by atoms with Gasteiger partial charge in [0.1, 0.15) is 23.3 Å². The van der Waals surface area contributed by atoms with Crippen molar-refractivity contribution in [1.82, 2.24) is 9.97 Å². The molecule has 33 heavy (non-hydrogen) atoms. The Morgan fingerprint density at radius 3 is 2.42 bits per heavy atom. The van der Waals surface area contributed by atoms with E-state index in [2.05, 4.69) is 9.97 Å². The molecule has 3 aromatic rings. The summed E-state index contributed by atoms with van der Waals surface area (Å²) >= 11 is 0. The smallest absolute Gasteiger partial charge is 0.417 e. The number of alkyl halides is 3. The summed E-state index contributed by atoms with van der Waals surface area (Å²) in [5, 5.41) is 7.44. The number of hydrogen-bond donors (Lipinski definition) is 2. The minimum absolute atomic E-state index is 0.0270. The zero-order chi connectivity index (χ0) is 24.3. The first-order chi connectivity index (χ1) is 15.4. The van der Waals surface area contributed by atoms with Gasteiger partial charge in [0.15, 0.2) is 17.2 Å². The topological polar surface area (TPSA) is 71.0 Å². The van der Waals surface area contributed by atoms with Gasteiger partial charge in [-0.2, -0.15) is 17.6 Å². The van der Waals surface area contributed by atoms with Crippen LogP contribution in [0, 0.1) is 28.8 Å². The van der Waals surface area contributed by atoms with Crippen LogP contribution in [0.25, 0.3) is 11.0 Å². The number of ether oxygens (including phenoxy) is 2. The third-order valence-electron chi connectivity index (χ3n) is 6.38. The normalized spacial score (nSPS) is 25.5. The van der Waals surface area contributed by atoms with Gasteiger partial charge < -0.3 is 19.9 Å².